The van der Waals surface area contributed by atoms with Crippen molar-refractivity contribution in [2.75, 3.05) is 46.5 Å². The Morgan fingerprint density at radius 2 is 1.94 bits per heavy atom. The Labute approximate surface area is 186 Å². The highest BCUT2D eigenvalue weighted by Crippen LogP contribution is 2.38. The molecule has 1 fully saturated rings. The molecule has 0 spiro atoms. The number of nitrogens with zero attached hydrogens (tertiary/aromatic N) is 2. The molecule has 8 heteroatoms. The van der Waals surface area contributed by atoms with Crippen LogP contribution in [0.25, 0.3) is 6.08 Å². The maximum atomic E-state index is 13.1. The summed E-state index contributed by atoms with van der Waals surface area (Å²) in [5, 5.41) is 10.7. The number of hydrogen-bond donors (Lipinski definition) is 1. The Bertz CT molecular complexity index is 1000. The van der Waals surface area contributed by atoms with E-state index in [4.69, 9.17) is 13.9 Å². The number of rotatable bonds is 8. The summed E-state index contributed by atoms with van der Waals surface area (Å²) in [5.41, 5.74) is 0.782. The first kappa shape index (κ1) is 21.9. The fourth-order valence-corrected chi connectivity index (χ4v) is 3.98. The lowest BCUT2D eigenvalue weighted by Gasteiger charge is -2.31. The molecule has 0 bridgehead atoms. The molecule has 2 aromatic rings. The number of ketones is 1. The molecular formula is C24H26N2O6. The molecule has 1 atom stereocenters. The summed E-state index contributed by atoms with van der Waals surface area (Å²) in [6, 6.07) is 9.90. The molecule has 2 aliphatic rings. The minimum atomic E-state index is -0.691. The lowest BCUT2D eigenvalue weighted by atomic mass is 9.95. The van der Waals surface area contributed by atoms with Crippen LogP contribution in [0.15, 0.2) is 64.5 Å². The van der Waals surface area contributed by atoms with E-state index in [2.05, 4.69) is 4.90 Å². The van der Waals surface area contributed by atoms with Crippen LogP contribution in [-0.2, 0) is 14.3 Å². The van der Waals surface area contributed by atoms with Crippen molar-refractivity contribution in [3.05, 3.63) is 71.4 Å². The van der Waals surface area contributed by atoms with Gasteiger partial charge in [-0.25, -0.2) is 0 Å². The Balaban J connectivity index is 1.62. The summed E-state index contributed by atoms with van der Waals surface area (Å²) >= 11 is 0. The predicted octanol–water partition coefficient (Wildman–Crippen LogP) is 2.60. The number of carbonyl (C=O) groups excluding carboxylic acids is 2. The highest BCUT2D eigenvalue weighted by Gasteiger charge is 2.42. The molecule has 1 aromatic carbocycles. The molecule has 32 heavy (non-hydrogen) atoms. The van der Waals surface area contributed by atoms with Crippen molar-refractivity contribution in [3.8, 4) is 5.75 Å². The van der Waals surface area contributed by atoms with Gasteiger partial charge in [0.25, 0.3) is 5.91 Å². The molecule has 1 aromatic heterocycles. The standard InChI is InChI=1S/C24H26N2O6/c1-30-18-6-4-17(5-7-18)22-21(20(27)9-8-19-3-2-14-32-19)23(28)24(29)26(22)11-10-25-12-15-31-16-13-25/h2-9,14,22,28H,10-13,15-16H2,1H3/b9-8+/t22-/m0/s1. The number of carbonyl (C=O) groups is 2. The van der Waals surface area contributed by atoms with Crippen LogP contribution in [0.2, 0.25) is 0 Å². The second kappa shape index (κ2) is 9.84. The van der Waals surface area contributed by atoms with E-state index in [0.29, 0.717) is 37.8 Å². The minimum absolute atomic E-state index is 0.0601. The summed E-state index contributed by atoms with van der Waals surface area (Å²) in [7, 11) is 1.57. The molecule has 4 rings (SSSR count). The maximum Gasteiger partial charge on any atom is 0.290 e. The molecule has 168 valence electrons. The van der Waals surface area contributed by atoms with E-state index in [0.717, 1.165) is 18.7 Å². The number of ether oxygens (including phenoxy) is 2. The first-order valence-electron chi connectivity index (χ1n) is 10.5. The Kier molecular flexibility index (Phi) is 6.72. The number of allylic oxidation sites excluding steroid dienone is 1. The number of benzene rings is 1. The summed E-state index contributed by atoms with van der Waals surface area (Å²) in [6.07, 6.45) is 4.35. The van der Waals surface area contributed by atoms with Gasteiger partial charge in [-0.3, -0.25) is 14.5 Å². The summed E-state index contributed by atoms with van der Waals surface area (Å²) in [5.74, 6) is -0.331. The SMILES string of the molecule is COc1ccc([C@H]2C(C(=O)/C=C/c3ccco3)=C(O)C(=O)N2CCN2CCOCC2)cc1. The molecular weight excluding hydrogens is 412 g/mol. The van der Waals surface area contributed by atoms with Gasteiger partial charge in [-0.15, -0.1) is 0 Å². The number of methoxy groups -OCH3 is 1. The van der Waals surface area contributed by atoms with E-state index in [9.17, 15) is 14.7 Å². The Hall–Kier alpha value is -3.36. The first-order valence-corrected chi connectivity index (χ1v) is 10.5. The number of furan rings is 1. The maximum absolute atomic E-state index is 13.1. The third kappa shape index (κ3) is 4.61. The summed E-state index contributed by atoms with van der Waals surface area (Å²) in [4.78, 5) is 29.8. The van der Waals surface area contributed by atoms with Gasteiger partial charge in [0.05, 0.1) is 38.2 Å². The molecule has 2 aliphatic heterocycles. The molecule has 0 unspecified atom stereocenters. The topological polar surface area (TPSA) is 92.5 Å². The second-order valence-corrected chi connectivity index (χ2v) is 7.60. The third-order valence-corrected chi connectivity index (χ3v) is 5.70. The average Bonchev–Trinajstić information content (AvgIpc) is 3.44. The largest absolute Gasteiger partial charge is 0.503 e. The van der Waals surface area contributed by atoms with Crippen molar-refractivity contribution < 1.29 is 28.6 Å². The number of aliphatic hydroxyl groups is 1. The quantitative estimate of drug-likeness (QED) is 0.634. The molecule has 1 amide bonds. The number of hydrogen-bond acceptors (Lipinski definition) is 7. The highest BCUT2D eigenvalue weighted by molar-refractivity contribution is 6.14. The zero-order chi connectivity index (χ0) is 22.5. The predicted molar refractivity (Wildman–Crippen MR) is 117 cm³/mol. The summed E-state index contributed by atoms with van der Waals surface area (Å²) in [6.45, 7) is 3.87. The van der Waals surface area contributed by atoms with Gasteiger partial charge >= 0.3 is 0 Å². The van der Waals surface area contributed by atoms with Crippen LogP contribution in [0.4, 0.5) is 0 Å². The van der Waals surface area contributed by atoms with E-state index in [1.165, 1.54) is 18.4 Å². The third-order valence-electron chi connectivity index (χ3n) is 5.70. The fraction of sp³-hybridized carbons (Fsp3) is 0.333. The van der Waals surface area contributed by atoms with Gasteiger partial charge in [0, 0.05) is 26.2 Å². The zero-order valence-electron chi connectivity index (χ0n) is 17.9. The lowest BCUT2D eigenvalue weighted by molar-refractivity contribution is -0.129. The highest BCUT2D eigenvalue weighted by atomic mass is 16.5. The number of aliphatic hydroxyl groups excluding tert-OH is 1. The van der Waals surface area contributed by atoms with E-state index < -0.39 is 23.5 Å². The molecule has 3 heterocycles. The number of amides is 1. The second-order valence-electron chi connectivity index (χ2n) is 7.60. The van der Waals surface area contributed by atoms with Crippen molar-refractivity contribution in [2.24, 2.45) is 0 Å². The van der Waals surface area contributed by atoms with Crippen LogP contribution in [0, 0.1) is 0 Å². The Morgan fingerprint density at radius 3 is 2.59 bits per heavy atom. The van der Waals surface area contributed by atoms with Gasteiger partial charge in [-0.2, -0.15) is 0 Å². The average molecular weight is 438 g/mol. The molecule has 1 saturated heterocycles. The van der Waals surface area contributed by atoms with Gasteiger partial charge < -0.3 is 23.9 Å². The number of morpholine rings is 1. The van der Waals surface area contributed by atoms with Crippen LogP contribution in [0.1, 0.15) is 17.4 Å². The van der Waals surface area contributed by atoms with E-state index >= 15 is 0 Å². The van der Waals surface area contributed by atoms with Crippen molar-refractivity contribution in [3.63, 3.8) is 0 Å². The zero-order valence-corrected chi connectivity index (χ0v) is 17.9. The van der Waals surface area contributed by atoms with Crippen LogP contribution < -0.4 is 4.74 Å². The molecule has 1 N–H and O–H groups in total. The van der Waals surface area contributed by atoms with Crippen LogP contribution in [-0.4, -0.2) is 73.1 Å². The molecule has 0 radical (unpaired) electrons. The van der Waals surface area contributed by atoms with Gasteiger partial charge in [-0.05, 0) is 42.0 Å². The van der Waals surface area contributed by atoms with Crippen molar-refractivity contribution in [2.45, 2.75) is 6.04 Å². The molecule has 8 nitrogen and oxygen atoms in total. The smallest absolute Gasteiger partial charge is 0.290 e. The molecule has 0 saturated carbocycles. The Morgan fingerprint density at radius 1 is 1.19 bits per heavy atom. The van der Waals surface area contributed by atoms with Crippen LogP contribution in [0.5, 0.6) is 5.75 Å². The van der Waals surface area contributed by atoms with Gasteiger partial charge in [0.1, 0.15) is 11.5 Å². The fourth-order valence-electron chi connectivity index (χ4n) is 3.98. The monoisotopic (exact) mass is 438 g/mol. The van der Waals surface area contributed by atoms with Crippen molar-refractivity contribution >= 4 is 17.8 Å². The lowest BCUT2D eigenvalue weighted by Crippen LogP contribution is -2.43. The van der Waals surface area contributed by atoms with Crippen LogP contribution in [0.3, 0.4) is 0 Å². The minimum Gasteiger partial charge on any atom is -0.503 e. The van der Waals surface area contributed by atoms with E-state index in [1.54, 1.807) is 48.4 Å². The van der Waals surface area contributed by atoms with E-state index in [-0.39, 0.29) is 5.57 Å². The normalized spacial score (nSPS) is 19.8. The first-order chi connectivity index (χ1) is 15.6. The summed E-state index contributed by atoms with van der Waals surface area (Å²) < 4.78 is 15.9. The van der Waals surface area contributed by atoms with E-state index in [1.807, 2.05) is 0 Å². The van der Waals surface area contributed by atoms with Gasteiger partial charge in [0.15, 0.2) is 11.5 Å². The van der Waals surface area contributed by atoms with Gasteiger partial charge in [0.2, 0.25) is 0 Å². The van der Waals surface area contributed by atoms with Crippen molar-refractivity contribution in [1.82, 2.24) is 9.80 Å². The van der Waals surface area contributed by atoms with Crippen LogP contribution >= 0.6 is 0 Å². The van der Waals surface area contributed by atoms with Crippen molar-refractivity contribution in [1.29, 1.82) is 0 Å². The molecule has 0 aliphatic carbocycles. The van der Waals surface area contributed by atoms with Gasteiger partial charge in [-0.1, -0.05) is 12.1 Å².